The normalized spacial score (nSPS) is 41.6. The molecule has 0 radical (unpaired) electrons. The molecule has 3 unspecified atom stereocenters. The monoisotopic (exact) mass is 194 g/mol. The molecule has 3 atom stereocenters. The third-order valence-electron chi connectivity index (χ3n) is 1.76. The average molecular weight is 194 g/mol. The highest BCUT2D eigenvalue weighted by atomic mass is 31.2. The minimum absolute atomic E-state index is 0.112. The van der Waals surface area contributed by atoms with Gasteiger partial charge in [-0.3, -0.25) is 4.57 Å². The van der Waals surface area contributed by atoms with Crippen molar-refractivity contribution < 1.29 is 17.9 Å². The third kappa shape index (κ3) is 1.85. The Morgan fingerprint density at radius 3 is 2.67 bits per heavy atom. The molecule has 1 rings (SSSR count). The number of halogens is 2. The van der Waals surface area contributed by atoms with E-state index in [-0.39, 0.29) is 6.16 Å². The summed E-state index contributed by atoms with van der Waals surface area (Å²) in [5, 5.41) is 0. The Morgan fingerprint density at radius 2 is 2.33 bits per heavy atom. The molecule has 0 N–H and O–H groups in total. The third-order valence-corrected chi connectivity index (χ3v) is 3.51. The first-order chi connectivity index (χ1) is 5.46. The lowest BCUT2D eigenvalue weighted by Gasteiger charge is -2.09. The second-order valence-electron chi connectivity index (χ2n) is 2.89. The Kier molecular flexibility index (Phi) is 2.55. The summed E-state index contributed by atoms with van der Waals surface area (Å²) in [4.78, 5) is 0. The zero-order valence-electron chi connectivity index (χ0n) is 6.54. The Labute approximate surface area is 69.7 Å². The van der Waals surface area contributed by atoms with E-state index >= 15 is 0 Å². The van der Waals surface area contributed by atoms with E-state index in [2.05, 4.69) is 5.92 Å². The van der Waals surface area contributed by atoms with Crippen molar-refractivity contribution in [1.82, 2.24) is 0 Å². The second-order valence-corrected chi connectivity index (χ2v) is 5.49. The average Bonchev–Trinajstić information content (AvgIpc) is 2.25. The summed E-state index contributed by atoms with van der Waals surface area (Å²) in [7, 11) is -2.85. The maximum absolute atomic E-state index is 12.2. The van der Waals surface area contributed by atoms with Crippen LogP contribution in [0.3, 0.4) is 0 Å². The molecular weight excluding hydrogens is 185 g/mol. The van der Waals surface area contributed by atoms with Gasteiger partial charge in [-0.15, -0.1) is 6.42 Å². The highest BCUT2D eigenvalue weighted by Crippen LogP contribution is 2.54. The first kappa shape index (κ1) is 9.70. The van der Waals surface area contributed by atoms with Crippen molar-refractivity contribution in [3.8, 4) is 12.3 Å². The molecule has 1 aliphatic heterocycles. The summed E-state index contributed by atoms with van der Waals surface area (Å²) < 4.78 is 40.5. The van der Waals surface area contributed by atoms with Gasteiger partial charge in [0.15, 0.2) is 0 Å². The topological polar surface area (TPSA) is 26.3 Å². The number of terminal acetylenes is 1. The Balaban J connectivity index is 2.78. The van der Waals surface area contributed by atoms with Crippen LogP contribution in [0.15, 0.2) is 0 Å². The molecule has 12 heavy (non-hydrogen) atoms. The van der Waals surface area contributed by atoms with E-state index in [1.54, 1.807) is 0 Å². The Morgan fingerprint density at radius 1 is 1.75 bits per heavy atom. The quantitative estimate of drug-likeness (QED) is 0.470. The zero-order chi connectivity index (χ0) is 9.35. The standard InChI is InChI=1S/C7H9F2O2P/c1-3-6-5(7(8)9)4-12(2,10)11-6/h1,5-7H,4H2,2H3. The van der Waals surface area contributed by atoms with Gasteiger partial charge in [-0.2, -0.15) is 0 Å². The van der Waals surface area contributed by atoms with Crippen LogP contribution in [0, 0.1) is 18.3 Å². The molecule has 0 saturated carbocycles. The molecule has 0 aromatic rings. The van der Waals surface area contributed by atoms with Gasteiger partial charge in [0.25, 0.3) is 0 Å². The van der Waals surface area contributed by atoms with Crippen molar-refractivity contribution in [2.24, 2.45) is 5.92 Å². The van der Waals surface area contributed by atoms with Crippen molar-refractivity contribution in [1.29, 1.82) is 0 Å². The molecule has 0 amide bonds. The van der Waals surface area contributed by atoms with Crippen LogP contribution >= 0.6 is 7.37 Å². The van der Waals surface area contributed by atoms with Crippen LogP contribution in [-0.4, -0.2) is 25.4 Å². The van der Waals surface area contributed by atoms with Gasteiger partial charge in [0.05, 0.1) is 5.92 Å². The minimum atomic E-state index is -2.85. The fourth-order valence-electron chi connectivity index (χ4n) is 1.21. The maximum atomic E-state index is 12.2. The molecule has 1 heterocycles. The number of alkyl halides is 2. The van der Waals surface area contributed by atoms with E-state index in [1.165, 1.54) is 6.66 Å². The summed E-state index contributed by atoms with van der Waals surface area (Å²) in [6.07, 6.45) is 1.30. The fourth-order valence-corrected chi connectivity index (χ4v) is 3.11. The Hall–Kier alpha value is -0.390. The first-order valence-electron chi connectivity index (χ1n) is 3.45. The fraction of sp³-hybridized carbons (Fsp3) is 0.714. The maximum Gasteiger partial charge on any atom is 0.245 e. The smallest absolute Gasteiger partial charge is 0.245 e. The molecule has 5 heteroatoms. The van der Waals surface area contributed by atoms with E-state index in [4.69, 9.17) is 10.9 Å². The lowest BCUT2D eigenvalue weighted by molar-refractivity contribution is 0.0563. The highest BCUT2D eigenvalue weighted by Gasteiger charge is 2.43. The van der Waals surface area contributed by atoms with Crippen molar-refractivity contribution in [2.45, 2.75) is 12.5 Å². The van der Waals surface area contributed by atoms with Crippen molar-refractivity contribution >= 4 is 7.37 Å². The van der Waals surface area contributed by atoms with Crippen LogP contribution in [0.2, 0.25) is 0 Å². The van der Waals surface area contributed by atoms with Gasteiger partial charge in [-0.1, -0.05) is 5.92 Å². The number of hydrogen-bond acceptors (Lipinski definition) is 2. The number of hydrogen-bond donors (Lipinski definition) is 0. The lowest BCUT2D eigenvalue weighted by atomic mass is 10.1. The van der Waals surface area contributed by atoms with Gasteiger partial charge in [0, 0.05) is 12.8 Å². The highest BCUT2D eigenvalue weighted by molar-refractivity contribution is 7.58. The van der Waals surface area contributed by atoms with E-state index < -0.39 is 25.8 Å². The molecule has 1 saturated heterocycles. The summed E-state index contributed by atoms with van der Waals surface area (Å²) in [5.41, 5.74) is 0. The summed E-state index contributed by atoms with van der Waals surface area (Å²) >= 11 is 0. The zero-order valence-corrected chi connectivity index (χ0v) is 7.43. The van der Waals surface area contributed by atoms with Gasteiger partial charge in [-0.05, 0) is 0 Å². The van der Waals surface area contributed by atoms with Gasteiger partial charge in [0.2, 0.25) is 13.8 Å². The molecule has 0 aliphatic carbocycles. The van der Waals surface area contributed by atoms with Crippen molar-refractivity contribution in [3.63, 3.8) is 0 Å². The van der Waals surface area contributed by atoms with Crippen LogP contribution in [-0.2, 0) is 9.09 Å². The van der Waals surface area contributed by atoms with Gasteiger partial charge >= 0.3 is 0 Å². The van der Waals surface area contributed by atoms with E-state index in [9.17, 15) is 13.3 Å². The van der Waals surface area contributed by atoms with Crippen LogP contribution in [0.1, 0.15) is 0 Å². The predicted molar refractivity (Wildman–Crippen MR) is 41.6 cm³/mol. The largest absolute Gasteiger partial charge is 0.312 e. The number of rotatable bonds is 1. The van der Waals surface area contributed by atoms with Gasteiger partial charge in [0.1, 0.15) is 6.10 Å². The molecule has 0 aromatic carbocycles. The first-order valence-corrected chi connectivity index (χ1v) is 5.71. The molecule has 0 spiro atoms. The minimum Gasteiger partial charge on any atom is -0.312 e. The molecule has 0 aromatic heterocycles. The molecule has 2 nitrogen and oxygen atoms in total. The van der Waals surface area contributed by atoms with Crippen LogP contribution < -0.4 is 0 Å². The predicted octanol–water partition coefficient (Wildman–Crippen LogP) is 1.81. The SMILES string of the molecule is C#CC1OP(C)(=O)CC1C(F)F. The van der Waals surface area contributed by atoms with Crippen LogP contribution in [0.5, 0.6) is 0 Å². The van der Waals surface area contributed by atoms with Gasteiger partial charge in [-0.25, -0.2) is 8.78 Å². The van der Waals surface area contributed by atoms with E-state index in [0.717, 1.165) is 0 Å². The molecular formula is C7H9F2O2P. The molecule has 68 valence electrons. The van der Waals surface area contributed by atoms with E-state index in [0.29, 0.717) is 0 Å². The molecule has 1 aliphatic rings. The molecule has 0 bridgehead atoms. The van der Waals surface area contributed by atoms with Gasteiger partial charge < -0.3 is 4.52 Å². The van der Waals surface area contributed by atoms with E-state index in [1.807, 2.05) is 0 Å². The second kappa shape index (κ2) is 3.16. The van der Waals surface area contributed by atoms with Crippen LogP contribution in [0.25, 0.3) is 0 Å². The Bertz CT molecular complexity index is 259. The summed E-state index contributed by atoms with van der Waals surface area (Å²) in [6.45, 7) is 1.33. The van der Waals surface area contributed by atoms with Crippen molar-refractivity contribution in [3.05, 3.63) is 0 Å². The summed E-state index contributed by atoms with van der Waals surface area (Å²) in [6, 6.07) is 0. The molecule has 1 fully saturated rings. The lowest BCUT2D eigenvalue weighted by Crippen LogP contribution is -2.22. The van der Waals surface area contributed by atoms with Crippen LogP contribution in [0.4, 0.5) is 8.78 Å². The van der Waals surface area contributed by atoms with Crippen molar-refractivity contribution in [2.75, 3.05) is 12.8 Å². The summed E-state index contributed by atoms with van der Waals surface area (Å²) in [5.74, 6) is 1.01.